The minimum Gasteiger partial charge on any atom is -0.465 e. The van der Waals surface area contributed by atoms with Crippen molar-refractivity contribution in [3.63, 3.8) is 0 Å². The van der Waals surface area contributed by atoms with E-state index in [1.807, 2.05) is 6.92 Å². The SMILES string of the molecule is CCCN(CC(=O)OCC)S(=O)(=O)c1ccc(F)cc1C. The first-order valence-corrected chi connectivity index (χ1v) is 8.18. The van der Waals surface area contributed by atoms with Crippen LogP contribution in [0.15, 0.2) is 23.1 Å². The molecule has 0 atom stereocenters. The van der Waals surface area contributed by atoms with Crippen LogP contribution in [-0.4, -0.2) is 38.4 Å². The number of halogens is 1. The molecule has 0 aliphatic rings. The number of sulfonamides is 1. The highest BCUT2D eigenvalue weighted by atomic mass is 32.2. The van der Waals surface area contributed by atoms with Crippen LogP contribution in [0, 0.1) is 12.7 Å². The first-order chi connectivity index (χ1) is 9.82. The Morgan fingerprint density at radius 1 is 1.33 bits per heavy atom. The van der Waals surface area contributed by atoms with Gasteiger partial charge in [-0.1, -0.05) is 6.92 Å². The zero-order valence-electron chi connectivity index (χ0n) is 12.4. The molecule has 0 unspecified atom stereocenters. The highest BCUT2D eigenvalue weighted by Crippen LogP contribution is 2.21. The van der Waals surface area contributed by atoms with Crippen molar-refractivity contribution in [1.82, 2.24) is 4.31 Å². The van der Waals surface area contributed by atoms with Gasteiger partial charge in [0.25, 0.3) is 0 Å². The predicted molar refractivity (Wildman–Crippen MR) is 76.8 cm³/mol. The van der Waals surface area contributed by atoms with E-state index in [0.717, 1.165) is 16.4 Å². The minimum absolute atomic E-state index is 0.00153. The molecule has 1 aromatic carbocycles. The van der Waals surface area contributed by atoms with Crippen molar-refractivity contribution in [2.45, 2.75) is 32.1 Å². The van der Waals surface area contributed by atoms with Gasteiger partial charge < -0.3 is 4.74 Å². The highest BCUT2D eigenvalue weighted by Gasteiger charge is 2.27. The quantitative estimate of drug-likeness (QED) is 0.723. The molecule has 118 valence electrons. The number of hydrogen-bond donors (Lipinski definition) is 0. The van der Waals surface area contributed by atoms with Gasteiger partial charge >= 0.3 is 5.97 Å². The van der Waals surface area contributed by atoms with Crippen molar-refractivity contribution in [2.24, 2.45) is 0 Å². The Bertz CT molecular complexity index is 601. The van der Waals surface area contributed by atoms with Gasteiger partial charge in [0.2, 0.25) is 10.0 Å². The molecule has 0 spiro atoms. The Hall–Kier alpha value is -1.47. The average molecular weight is 317 g/mol. The third kappa shape index (κ3) is 4.50. The Kier molecular flexibility index (Phi) is 6.29. The molecule has 21 heavy (non-hydrogen) atoms. The summed E-state index contributed by atoms with van der Waals surface area (Å²) >= 11 is 0. The molecule has 0 bridgehead atoms. The van der Waals surface area contributed by atoms with Gasteiger partial charge in [-0.05, 0) is 44.0 Å². The second-order valence-corrected chi connectivity index (χ2v) is 6.46. The van der Waals surface area contributed by atoms with Gasteiger partial charge in [-0.25, -0.2) is 12.8 Å². The zero-order chi connectivity index (χ0) is 16.0. The van der Waals surface area contributed by atoms with E-state index in [9.17, 15) is 17.6 Å². The topological polar surface area (TPSA) is 63.7 Å². The summed E-state index contributed by atoms with van der Waals surface area (Å²) in [6.45, 7) is 5.02. The molecular weight excluding hydrogens is 297 g/mol. The molecule has 7 heteroatoms. The molecule has 0 aromatic heterocycles. The van der Waals surface area contributed by atoms with Crippen molar-refractivity contribution < 1.29 is 22.3 Å². The highest BCUT2D eigenvalue weighted by molar-refractivity contribution is 7.89. The Morgan fingerprint density at radius 2 is 2.00 bits per heavy atom. The molecule has 0 saturated carbocycles. The number of hydrogen-bond acceptors (Lipinski definition) is 4. The molecule has 0 saturated heterocycles. The van der Waals surface area contributed by atoms with Gasteiger partial charge in [0.05, 0.1) is 11.5 Å². The molecule has 5 nitrogen and oxygen atoms in total. The molecule has 0 aliphatic carbocycles. The summed E-state index contributed by atoms with van der Waals surface area (Å²) in [5, 5.41) is 0. The van der Waals surface area contributed by atoms with Crippen LogP contribution in [0.5, 0.6) is 0 Å². The average Bonchev–Trinajstić information content (AvgIpc) is 2.38. The van der Waals surface area contributed by atoms with E-state index in [1.54, 1.807) is 6.92 Å². The first kappa shape index (κ1) is 17.6. The lowest BCUT2D eigenvalue weighted by atomic mass is 10.2. The Labute approximate surface area is 124 Å². The largest absolute Gasteiger partial charge is 0.465 e. The summed E-state index contributed by atoms with van der Waals surface area (Å²) in [7, 11) is -3.86. The lowest BCUT2D eigenvalue weighted by Crippen LogP contribution is -2.37. The van der Waals surface area contributed by atoms with E-state index in [-0.39, 0.29) is 24.6 Å². The monoisotopic (exact) mass is 317 g/mol. The number of carbonyl (C=O) groups excluding carboxylic acids is 1. The fourth-order valence-corrected chi connectivity index (χ4v) is 3.61. The number of carbonyl (C=O) groups is 1. The standard InChI is InChI=1S/C14H20FNO4S/c1-4-8-16(10-14(17)20-5-2)21(18,19)13-7-6-12(15)9-11(13)3/h6-7,9H,4-5,8,10H2,1-3H3. The lowest BCUT2D eigenvalue weighted by molar-refractivity contribution is -0.143. The van der Waals surface area contributed by atoms with Crippen LogP contribution in [0.3, 0.4) is 0 Å². The van der Waals surface area contributed by atoms with Gasteiger partial charge in [0, 0.05) is 6.54 Å². The molecule has 1 rings (SSSR count). The van der Waals surface area contributed by atoms with Crippen LogP contribution in [-0.2, 0) is 19.6 Å². The van der Waals surface area contributed by atoms with Crippen LogP contribution in [0.4, 0.5) is 4.39 Å². The molecule has 0 amide bonds. The summed E-state index contributed by atoms with van der Waals surface area (Å²) < 4.78 is 44.1. The van der Waals surface area contributed by atoms with Crippen molar-refractivity contribution in [3.05, 3.63) is 29.6 Å². The smallest absolute Gasteiger partial charge is 0.321 e. The third-order valence-corrected chi connectivity index (χ3v) is 4.84. The van der Waals surface area contributed by atoms with Crippen molar-refractivity contribution in [3.8, 4) is 0 Å². The second kappa shape index (κ2) is 7.51. The van der Waals surface area contributed by atoms with Crippen molar-refractivity contribution >= 4 is 16.0 Å². The molecular formula is C14H20FNO4S. The maximum absolute atomic E-state index is 13.1. The molecule has 1 aromatic rings. The van der Waals surface area contributed by atoms with Crippen LogP contribution in [0.25, 0.3) is 0 Å². The summed E-state index contributed by atoms with van der Waals surface area (Å²) in [4.78, 5) is 11.6. The predicted octanol–water partition coefficient (Wildman–Crippen LogP) is 2.10. The van der Waals surface area contributed by atoms with Crippen LogP contribution < -0.4 is 0 Å². The number of rotatable bonds is 7. The van der Waals surface area contributed by atoms with E-state index < -0.39 is 21.8 Å². The second-order valence-electron chi connectivity index (χ2n) is 4.55. The normalized spacial score (nSPS) is 11.7. The number of ether oxygens (including phenoxy) is 1. The van der Waals surface area contributed by atoms with Gasteiger partial charge in [-0.2, -0.15) is 4.31 Å². The number of nitrogens with zero attached hydrogens (tertiary/aromatic N) is 1. The van der Waals surface area contributed by atoms with Crippen LogP contribution in [0.1, 0.15) is 25.8 Å². The summed E-state index contributed by atoms with van der Waals surface area (Å²) in [6, 6.07) is 3.46. The maximum Gasteiger partial charge on any atom is 0.321 e. The fourth-order valence-electron chi connectivity index (χ4n) is 1.93. The Balaban J connectivity index is 3.12. The number of benzene rings is 1. The zero-order valence-corrected chi connectivity index (χ0v) is 13.2. The minimum atomic E-state index is -3.86. The molecule has 0 radical (unpaired) electrons. The van der Waals surface area contributed by atoms with Gasteiger partial charge in [-0.15, -0.1) is 0 Å². The molecule has 0 heterocycles. The van der Waals surface area contributed by atoms with E-state index in [0.29, 0.717) is 12.0 Å². The summed E-state index contributed by atoms with van der Waals surface area (Å²) in [6.07, 6.45) is 0.554. The number of aryl methyl sites for hydroxylation is 1. The van der Waals surface area contributed by atoms with E-state index >= 15 is 0 Å². The maximum atomic E-state index is 13.1. The third-order valence-electron chi connectivity index (χ3n) is 2.84. The summed E-state index contributed by atoms with van der Waals surface area (Å²) in [5.41, 5.74) is 0.306. The van der Waals surface area contributed by atoms with Gasteiger partial charge in [0.15, 0.2) is 0 Å². The molecule has 0 N–H and O–H groups in total. The molecule has 0 aliphatic heterocycles. The lowest BCUT2D eigenvalue weighted by Gasteiger charge is -2.21. The first-order valence-electron chi connectivity index (χ1n) is 6.74. The van der Waals surface area contributed by atoms with E-state index in [1.165, 1.54) is 13.0 Å². The molecule has 0 fully saturated rings. The fraction of sp³-hybridized carbons (Fsp3) is 0.500. The van der Waals surface area contributed by atoms with Gasteiger partial charge in [0.1, 0.15) is 12.4 Å². The number of esters is 1. The van der Waals surface area contributed by atoms with Gasteiger partial charge in [-0.3, -0.25) is 4.79 Å². The van der Waals surface area contributed by atoms with E-state index in [4.69, 9.17) is 4.74 Å². The van der Waals surface area contributed by atoms with Crippen LogP contribution in [0.2, 0.25) is 0 Å². The Morgan fingerprint density at radius 3 is 2.52 bits per heavy atom. The van der Waals surface area contributed by atoms with Crippen molar-refractivity contribution in [2.75, 3.05) is 19.7 Å². The summed E-state index contributed by atoms with van der Waals surface area (Å²) in [5.74, 6) is -1.10. The van der Waals surface area contributed by atoms with Crippen LogP contribution >= 0.6 is 0 Å². The van der Waals surface area contributed by atoms with E-state index in [2.05, 4.69) is 0 Å². The van der Waals surface area contributed by atoms with Crippen molar-refractivity contribution in [1.29, 1.82) is 0 Å².